The molecule has 0 atom stereocenters. The van der Waals surface area contributed by atoms with E-state index in [1.165, 1.54) is 97.3 Å². The molecule has 2 heterocycles. The van der Waals surface area contributed by atoms with Gasteiger partial charge in [0.1, 0.15) is 0 Å². The van der Waals surface area contributed by atoms with Crippen LogP contribution in [0.4, 0.5) is 0 Å². The Bertz CT molecular complexity index is 3050. The summed E-state index contributed by atoms with van der Waals surface area (Å²) in [7, 11) is 0. The Morgan fingerprint density at radius 3 is 1.04 bits per heavy atom. The number of fused-ring (bicyclic) bond motifs is 5. The van der Waals surface area contributed by atoms with Crippen molar-refractivity contribution >= 4 is 97.2 Å². The third-order valence-electron chi connectivity index (χ3n) is 11.2. The van der Waals surface area contributed by atoms with E-state index in [0.717, 1.165) is 22.2 Å². The molecule has 0 saturated carbocycles. The summed E-state index contributed by atoms with van der Waals surface area (Å²) in [5.74, 6) is 0. The zero-order chi connectivity index (χ0) is 32.5. The Hall–Kier alpha value is -6.64. The van der Waals surface area contributed by atoms with Crippen LogP contribution in [0.25, 0.3) is 119 Å². The second-order valence-corrected chi connectivity index (χ2v) is 13.7. The summed E-state index contributed by atoms with van der Waals surface area (Å²) in [4.78, 5) is 9.79. The lowest BCUT2D eigenvalue weighted by molar-refractivity contribution is 1.29. The lowest BCUT2D eigenvalue weighted by atomic mass is 9.87. The second-order valence-electron chi connectivity index (χ2n) is 13.7. The Morgan fingerprint density at radius 1 is 0.280 bits per heavy atom. The van der Waals surface area contributed by atoms with Gasteiger partial charge in [-0.25, -0.2) is 9.97 Å². The van der Waals surface area contributed by atoms with Gasteiger partial charge in [0.15, 0.2) is 5.65 Å². The minimum Gasteiger partial charge on any atom is -0.236 e. The Labute approximate surface area is 286 Å². The lowest BCUT2D eigenvalue weighted by Gasteiger charge is -2.17. The number of rotatable bonds is 2. The van der Waals surface area contributed by atoms with Crippen LogP contribution in [0.15, 0.2) is 158 Å². The standard InChI is InChI=1S/C48H26N2/c1-7-27-9-3-13-38-42-21-19-32(34-15-5-17-40(46(34)42)36(11-1)44(27)38)30-23-29-24-31(26-50-48(29)49-25-30)33-20-22-43-39-14-4-10-28-8-2-12-37(45(28)39)41-18-6-16-35(33)47(41)43/h1-26H. The summed E-state index contributed by atoms with van der Waals surface area (Å²) >= 11 is 0. The number of hydrogen-bond donors (Lipinski definition) is 0. The van der Waals surface area contributed by atoms with Crippen molar-refractivity contribution in [3.63, 3.8) is 0 Å². The zero-order valence-corrected chi connectivity index (χ0v) is 26.9. The molecule has 228 valence electrons. The normalized spacial score (nSPS) is 12.4. The maximum atomic E-state index is 4.89. The van der Waals surface area contributed by atoms with Crippen LogP contribution < -0.4 is 0 Å². The summed E-state index contributed by atoms with van der Waals surface area (Å²) in [5, 5.41) is 21.8. The average molecular weight is 631 g/mol. The van der Waals surface area contributed by atoms with Gasteiger partial charge in [0.05, 0.1) is 0 Å². The van der Waals surface area contributed by atoms with Crippen LogP contribution in [-0.4, -0.2) is 9.97 Å². The van der Waals surface area contributed by atoms with Gasteiger partial charge >= 0.3 is 0 Å². The Balaban J connectivity index is 1.07. The van der Waals surface area contributed by atoms with Crippen LogP contribution in [0.3, 0.4) is 0 Å². The van der Waals surface area contributed by atoms with E-state index in [1.54, 1.807) is 0 Å². The molecule has 2 aromatic heterocycles. The number of pyridine rings is 2. The highest BCUT2D eigenvalue weighted by atomic mass is 14.8. The van der Waals surface area contributed by atoms with Crippen molar-refractivity contribution in [2.45, 2.75) is 0 Å². The third-order valence-corrected chi connectivity index (χ3v) is 11.2. The molecule has 0 aliphatic rings. The van der Waals surface area contributed by atoms with Gasteiger partial charge in [-0.3, -0.25) is 0 Å². The van der Waals surface area contributed by atoms with Crippen molar-refractivity contribution in [3.05, 3.63) is 158 Å². The number of hydrogen-bond acceptors (Lipinski definition) is 2. The molecule has 0 radical (unpaired) electrons. The van der Waals surface area contributed by atoms with Gasteiger partial charge in [0.2, 0.25) is 0 Å². The van der Waals surface area contributed by atoms with Crippen molar-refractivity contribution < 1.29 is 0 Å². The molecule has 12 rings (SSSR count). The smallest absolute Gasteiger partial charge is 0.159 e. The number of aromatic nitrogens is 2. The van der Waals surface area contributed by atoms with Crippen LogP contribution in [-0.2, 0) is 0 Å². The Morgan fingerprint density at radius 2 is 0.620 bits per heavy atom. The van der Waals surface area contributed by atoms with Gasteiger partial charge in [0.25, 0.3) is 0 Å². The zero-order valence-electron chi connectivity index (χ0n) is 26.9. The van der Waals surface area contributed by atoms with E-state index in [0.29, 0.717) is 0 Å². The number of benzene rings is 10. The van der Waals surface area contributed by atoms with Crippen molar-refractivity contribution in [2.24, 2.45) is 0 Å². The van der Waals surface area contributed by atoms with Gasteiger partial charge in [-0.05, 0) is 109 Å². The first-order chi connectivity index (χ1) is 24.8. The minimum absolute atomic E-state index is 0.754. The summed E-state index contributed by atoms with van der Waals surface area (Å²) in [6.45, 7) is 0. The monoisotopic (exact) mass is 630 g/mol. The fraction of sp³-hybridized carbons (Fsp3) is 0. The molecule has 2 nitrogen and oxygen atoms in total. The van der Waals surface area contributed by atoms with E-state index in [9.17, 15) is 0 Å². The molecule has 2 heteroatoms. The fourth-order valence-corrected chi connectivity index (χ4v) is 9.11. The first kappa shape index (κ1) is 26.3. The van der Waals surface area contributed by atoms with Crippen molar-refractivity contribution in [2.75, 3.05) is 0 Å². The van der Waals surface area contributed by atoms with Crippen LogP contribution in [0.1, 0.15) is 0 Å². The van der Waals surface area contributed by atoms with Crippen LogP contribution in [0.2, 0.25) is 0 Å². The molecular weight excluding hydrogens is 605 g/mol. The van der Waals surface area contributed by atoms with Gasteiger partial charge in [-0.2, -0.15) is 0 Å². The summed E-state index contributed by atoms with van der Waals surface area (Å²) in [5.41, 5.74) is 5.32. The largest absolute Gasteiger partial charge is 0.236 e. The molecule has 0 aliphatic heterocycles. The molecule has 12 aromatic rings. The summed E-state index contributed by atoms with van der Waals surface area (Å²) in [6.07, 6.45) is 3.97. The van der Waals surface area contributed by atoms with E-state index in [4.69, 9.17) is 9.97 Å². The number of nitrogens with zero attached hydrogens (tertiary/aromatic N) is 2. The average Bonchev–Trinajstić information content (AvgIpc) is 3.18. The molecule has 10 aromatic carbocycles. The van der Waals surface area contributed by atoms with E-state index in [1.807, 2.05) is 12.4 Å². The highest BCUT2D eigenvalue weighted by molar-refractivity contribution is 6.35. The predicted octanol–water partition coefficient (Wildman–Crippen LogP) is 13.1. The summed E-state index contributed by atoms with van der Waals surface area (Å²) < 4.78 is 0. The Kier molecular flexibility index (Phi) is 5.00. The van der Waals surface area contributed by atoms with Gasteiger partial charge in [-0.15, -0.1) is 0 Å². The predicted molar refractivity (Wildman–Crippen MR) is 213 cm³/mol. The first-order valence-corrected chi connectivity index (χ1v) is 17.2. The molecule has 0 aliphatic carbocycles. The summed E-state index contributed by atoms with van der Waals surface area (Å²) in [6, 6.07) is 53.8. The van der Waals surface area contributed by atoms with Crippen LogP contribution >= 0.6 is 0 Å². The van der Waals surface area contributed by atoms with Gasteiger partial charge in [-0.1, -0.05) is 133 Å². The SMILES string of the molecule is c1cc2cccc3c4ccc(-c5cnc6ncc(-c7ccc8c9cccc%10cccc(c%11cccc7c%118)c%109)cc6c5)c5cccc(c(c1)c23)c54. The third kappa shape index (κ3) is 3.37. The molecule has 0 bridgehead atoms. The molecule has 50 heavy (non-hydrogen) atoms. The molecule has 0 spiro atoms. The molecule has 0 fully saturated rings. The topological polar surface area (TPSA) is 25.8 Å². The maximum absolute atomic E-state index is 4.89. The second kappa shape index (κ2) is 9.49. The molecule has 0 amide bonds. The highest BCUT2D eigenvalue weighted by Gasteiger charge is 2.18. The fourth-order valence-electron chi connectivity index (χ4n) is 9.11. The van der Waals surface area contributed by atoms with E-state index in [2.05, 4.69) is 146 Å². The first-order valence-electron chi connectivity index (χ1n) is 17.2. The van der Waals surface area contributed by atoms with Crippen LogP contribution in [0, 0.1) is 0 Å². The van der Waals surface area contributed by atoms with E-state index in [-0.39, 0.29) is 0 Å². The van der Waals surface area contributed by atoms with Gasteiger partial charge < -0.3 is 0 Å². The van der Waals surface area contributed by atoms with E-state index >= 15 is 0 Å². The minimum atomic E-state index is 0.754. The van der Waals surface area contributed by atoms with E-state index < -0.39 is 0 Å². The maximum Gasteiger partial charge on any atom is 0.159 e. The van der Waals surface area contributed by atoms with Crippen molar-refractivity contribution in [3.8, 4) is 22.3 Å². The molecule has 0 unspecified atom stereocenters. The highest BCUT2D eigenvalue weighted by Crippen LogP contribution is 2.45. The van der Waals surface area contributed by atoms with Gasteiger partial charge in [0, 0.05) is 28.9 Å². The molecule has 0 saturated heterocycles. The van der Waals surface area contributed by atoms with Crippen molar-refractivity contribution in [1.82, 2.24) is 9.97 Å². The van der Waals surface area contributed by atoms with Crippen LogP contribution in [0.5, 0.6) is 0 Å². The molecular formula is C48H26N2. The lowest BCUT2D eigenvalue weighted by Crippen LogP contribution is -1.92. The quantitative estimate of drug-likeness (QED) is 0.140. The van der Waals surface area contributed by atoms with Crippen molar-refractivity contribution in [1.29, 1.82) is 0 Å². The molecule has 0 N–H and O–H groups in total.